The van der Waals surface area contributed by atoms with Crippen LogP contribution in [-0.4, -0.2) is 52.9 Å². The molecule has 1 saturated carbocycles. The Kier molecular flexibility index (Phi) is 6.14. The number of benzene rings is 1. The second kappa shape index (κ2) is 8.88. The summed E-state index contributed by atoms with van der Waals surface area (Å²) < 4.78 is 12.0. The number of hydrogen-bond acceptors (Lipinski definition) is 6. The van der Waals surface area contributed by atoms with Crippen molar-refractivity contribution < 1.29 is 23.9 Å². The second-order valence-corrected chi connectivity index (χ2v) is 8.84. The van der Waals surface area contributed by atoms with Crippen LogP contribution in [0.25, 0.3) is 0 Å². The van der Waals surface area contributed by atoms with E-state index in [4.69, 9.17) is 9.47 Å². The first-order chi connectivity index (χ1) is 15.8. The van der Waals surface area contributed by atoms with Crippen LogP contribution in [0, 0.1) is 6.92 Å². The molecule has 2 amide bonds. The first-order valence-corrected chi connectivity index (χ1v) is 11.3. The zero-order chi connectivity index (χ0) is 23.8. The summed E-state index contributed by atoms with van der Waals surface area (Å²) in [4.78, 5) is 41.2. The lowest BCUT2D eigenvalue weighted by atomic mass is 9.93. The first kappa shape index (κ1) is 22.8. The van der Waals surface area contributed by atoms with Gasteiger partial charge in [0.25, 0.3) is 5.91 Å². The molecule has 33 heavy (non-hydrogen) atoms. The van der Waals surface area contributed by atoms with Crippen molar-refractivity contribution in [2.45, 2.75) is 64.6 Å². The van der Waals surface area contributed by atoms with Crippen molar-refractivity contribution in [2.24, 2.45) is 0 Å². The van der Waals surface area contributed by atoms with E-state index in [9.17, 15) is 14.4 Å². The molecule has 2 aromatic rings. The summed E-state index contributed by atoms with van der Waals surface area (Å²) >= 11 is 0. The van der Waals surface area contributed by atoms with Crippen molar-refractivity contribution in [3.63, 3.8) is 0 Å². The van der Waals surface area contributed by atoms with Crippen molar-refractivity contribution >= 4 is 23.5 Å². The first-order valence-electron chi connectivity index (χ1n) is 11.3. The van der Waals surface area contributed by atoms with Crippen molar-refractivity contribution in [3.05, 3.63) is 41.2 Å². The van der Waals surface area contributed by atoms with Gasteiger partial charge in [0, 0.05) is 12.1 Å². The minimum Gasteiger partial charge on any atom is -0.495 e. The summed E-state index contributed by atoms with van der Waals surface area (Å²) in [5, 5.41) is 7.44. The van der Waals surface area contributed by atoms with Crippen molar-refractivity contribution in [1.82, 2.24) is 15.1 Å². The molecule has 1 aliphatic carbocycles. The molecule has 2 aliphatic rings. The maximum absolute atomic E-state index is 13.8. The molecule has 176 valence electrons. The zero-order valence-electron chi connectivity index (χ0n) is 19.5. The molecule has 0 saturated heterocycles. The molecule has 0 spiro atoms. The maximum Gasteiger partial charge on any atom is 0.358 e. The van der Waals surface area contributed by atoms with E-state index in [0.717, 1.165) is 31.2 Å². The van der Waals surface area contributed by atoms with Crippen LogP contribution in [0.1, 0.15) is 66.1 Å². The molecular formula is C24H30N4O5. The van der Waals surface area contributed by atoms with E-state index >= 15 is 0 Å². The maximum atomic E-state index is 13.8. The number of fused-ring (bicyclic) bond motifs is 1. The van der Waals surface area contributed by atoms with Crippen LogP contribution in [0.4, 0.5) is 5.69 Å². The lowest BCUT2D eigenvalue weighted by molar-refractivity contribution is -0.127. The number of hydrogen-bond donors (Lipinski definition) is 1. The summed E-state index contributed by atoms with van der Waals surface area (Å²) in [6, 6.07) is 7.00. The number of methoxy groups -OCH3 is 1. The molecule has 1 aliphatic heterocycles. The minimum absolute atomic E-state index is 0.0387. The number of ether oxygens (including phenoxy) is 2. The van der Waals surface area contributed by atoms with Crippen molar-refractivity contribution in [1.29, 1.82) is 0 Å². The topological polar surface area (TPSA) is 103 Å². The number of rotatable bonds is 6. The number of nitrogens with zero attached hydrogens (tertiary/aromatic N) is 3. The highest BCUT2D eigenvalue weighted by Crippen LogP contribution is 2.39. The number of aromatic nitrogens is 2. The van der Waals surface area contributed by atoms with E-state index in [1.54, 1.807) is 19.9 Å². The molecular weight excluding hydrogens is 424 g/mol. The fraction of sp³-hybridized carbons (Fsp3) is 0.500. The normalized spacial score (nSPS) is 20.5. The number of carbonyl (C=O) groups is 3. The summed E-state index contributed by atoms with van der Waals surface area (Å²) in [6.45, 7) is 5.63. The van der Waals surface area contributed by atoms with Gasteiger partial charge in [0.05, 0.1) is 25.9 Å². The fourth-order valence-electron chi connectivity index (χ4n) is 4.65. The van der Waals surface area contributed by atoms with Crippen LogP contribution >= 0.6 is 0 Å². The summed E-state index contributed by atoms with van der Waals surface area (Å²) in [5.74, 6) is -0.821. The van der Waals surface area contributed by atoms with Gasteiger partial charge in [-0.3, -0.25) is 19.2 Å². The van der Waals surface area contributed by atoms with Crippen LogP contribution in [0.2, 0.25) is 0 Å². The third-order valence-corrected chi connectivity index (χ3v) is 6.39. The predicted octanol–water partition coefficient (Wildman–Crippen LogP) is 2.85. The molecule has 1 aromatic carbocycles. The third kappa shape index (κ3) is 4.07. The van der Waals surface area contributed by atoms with Gasteiger partial charge in [0.15, 0.2) is 5.69 Å². The third-order valence-electron chi connectivity index (χ3n) is 6.39. The predicted molar refractivity (Wildman–Crippen MR) is 122 cm³/mol. The quantitative estimate of drug-likeness (QED) is 0.674. The van der Waals surface area contributed by atoms with Crippen molar-refractivity contribution in [2.75, 3.05) is 18.6 Å². The van der Waals surface area contributed by atoms with E-state index in [2.05, 4.69) is 10.4 Å². The van der Waals surface area contributed by atoms with Gasteiger partial charge in [-0.2, -0.15) is 5.10 Å². The van der Waals surface area contributed by atoms with Crippen LogP contribution in [0.5, 0.6) is 5.75 Å². The number of anilines is 1. The average molecular weight is 455 g/mol. The summed E-state index contributed by atoms with van der Waals surface area (Å²) in [5.41, 5.74) is 0.385. The number of esters is 1. The average Bonchev–Trinajstić information content (AvgIpc) is 3.44. The van der Waals surface area contributed by atoms with E-state index < -0.39 is 17.4 Å². The van der Waals surface area contributed by atoms with Crippen LogP contribution in [-0.2, 0) is 16.1 Å². The van der Waals surface area contributed by atoms with E-state index in [1.807, 2.05) is 19.1 Å². The Morgan fingerprint density at radius 3 is 2.64 bits per heavy atom. The zero-order valence-corrected chi connectivity index (χ0v) is 19.5. The molecule has 9 heteroatoms. The summed E-state index contributed by atoms with van der Waals surface area (Å²) in [7, 11) is 1.53. The molecule has 1 aromatic heterocycles. The Morgan fingerprint density at radius 2 is 1.97 bits per heavy atom. The molecule has 1 fully saturated rings. The molecule has 0 bridgehead atoms. The van der Waals surface area contributed by atoms with Gasteiger partial charge >= 0.3 is 5.97 Å². The van der Waals surface area contributed by atoms with Gasteiger partial charge in [-0.1, -0.05) is 18.9 Å². The van der Waals surface area contributed by atoms with Gasteiger partial charge in [-0.05, 0) is 51.3 Å². The molecule has 2 heterocycles. The molecule has 4 rings (SSSR count). The standard InChI is InChI=1S/C24H30N4O5/c1-5-33-22(30)17-13-19-21(29)28(18-12-15(2)10-11-20(18)32-4)24(3,14-27(19)26-17)23(31)25-16-8-6-7-9-16/h10-13,16H,5-9,14H2,1-4H3,(H,25,31)/t24-/m1/s1. The number of carbonyl (C=O) groups excluding carboxylic acids is 3. The van der Waals surface area contributed by atoms with E-state index in [1.165, 1.54) is 22.8 Å². The molecule has 0 radical (unpaired) electrons. The minimum atomic E-state index is -1.29. The Labute approximate surface area is 193 Å². The van der Waals surface area contributed by atoms with E-state index in [-0.39, 0.29) is 36.5 Å². The highest BCUT2D eigenvalue weighted by Gasteiger charge is 2.50. The van der Waals surface area contributed by atoms with Gasteiger partial charge < -0.3 is 14.8 Å². The Balaban J connectivity index is 1.82. The number of aryl methyl sites for hydroxylation is 1. The van der Waals surface area contributed by atoms with Crippen LogP contribution in [0.3, 0.4) is 0 Å². The molecule has 0 unspecified atom stereocenters. The Morgan fingerprint density at radius 1 is 1.24 bits per heavy atom. The largest absolute Gasteiger partial charge is 0.495 e. The highest BCUT2D eigenvalue weighted by molar-refractivity contribution is 6.13. The van der Waals surface area contributed by atoms with Gasteiger partial charge in [0.2, 0.25) is 5.91 Å². The van der Waals surface area contributed by atoms with Crippen molar-refractivity contribution in [3.8, 4) is 5.75 Å². The lowest BCUT2D eigenvalue weighted by Gasteiger charge is -2.44. The van der Waals surface area contributed by atoms with E-state index in [0.29, 0.717) is 11.4 Å². The number of amides is 2. The smallest absolute Gasteiger partial charge is 0.358 e. The Hall–Kier alpha value is -3.36. The van der Waals surface area contributed by atoms with Crippen LogP contribution < -0.4 is 15.0 Å². The van der Waals surface area contributed by atoms with Gasteiger partial charge in [-0.15, -0.1) is 0 Å². The molecule has 1 atom stereocenters. The lowest BCUT2D eigenvalue weighted by Crippen LogP contribution is -2.65. The highest BCUT2D eigenvalue weighted by atomic mass is 16.5. The molecule has 9 nitrogen and oxygen atoms in total. The Bertz CT molecular complexity index is 1090. The van der Waals surface area contributed by atoms with Crippen LogP contribution in [0.15, 0.2) is 24.3 Å². The monoisotopic (exact) mass is 454 g/mol. The van der Waals surface area contributed by atoms with Gasteiger partial charge in [0.1, 0.15) is 17.0 Å². The van der Waals surface area contributed by atoms with Gasteiger partial charge in [-0.25, -0.2) is 4.79 Å². The fourth-order valence-corrected chi connectivity index (χ4v) is 4.65. The number of nitrogens with one attached hydrogen (secondary N) is 1. The summed E-state index contributed by atoms with van der Waals surface area (Å²) in [6.07, 6.45) is 3.98. The molecule has 1 N–H and O–H groups in total. The SMILES string of the molecule is CCOC(=O)c1cc2n(n1)C[C@](C)(C(=O)NC1CCCC1)N(c1cc(C)ccc1OC)C2=O. The second-order valence-electron chi connectivity index (χ2n) is 8.84.